The summed E-state index contributed by atoms with van der Waals surface area (Å²) in [7, 11) is 0. The molecule has 0 bridgehead atoms. The highest BCUT2D eigenvalue weighted by molar-refractivity contribution is 5.95. The quantitative estimate of drug-likeness (QED) is 0.829. The SMILES string of the molecule is CCc1nnc(C)cc1C(=O)NCC1CC(O)C1. The Hall–Kier alpha value is -1.49. The molecule has 1 saturated carbocycles. The third kappa shape index (κ3) is 2.85. The van der Waals surface area contributed by atoms with E-state index in [1.807, 2.05) is 13.8 Å². The highest BCUT2D eigenvalue weighted by atomic mass is 16.3. The third-order valence-electron chi connectivity index (χ3n) is 3.33. The van der Waals surface area contributed by atoms with Crippen LogP contribution in [0.3, 0.4) is 0 Å². The van der Waals surface area contributed by atoms with Crippen molar-refractivity contribution in [3.63, 3.8) is 0 Å². The van der Waals surface area contributed by atoms with E-state index in [1.54, 1.807) is 6.07 Å². The Kier molecular flexibility index (Phi) is 3.91. The van der Waals surface area contributed by atoms with Crippen molar-refractivity contribution in [2.45, 2.75) is 39.2 Å². The van der Waals surface area contributed by atoms with E-state index >= 15 is 0 Å². The van der Waals surface area contributed by atoms with Gasteiger partial charge in [0.2, 0.25) is 0 Å². The Morgan fingerprint density at radius 2 is 2.22 bits per heavy atom. The van der Waals surface area contributed by atoms with Crippen molar-refractivity contribution in [3.05, 3.63) is 23.0 Å². The minimum atomic E-state index is -0.178. The molecule has 0 unspecified atom stereocenters. The molecule has 1 aliphatic rings. The number of nitrogens with one attached hydrogen (secondary N) is 1. The van der Waals surface area contributed by atoms with Crippen molar-refractivity contribution in [2.24, 2.45) is 5.92 Å². The average Bonchev–Trinajstić information content (AvgIpc) is 2.32. The van der Waals surface area contributed by atoms with Gasteiger partial charge < -0.3 is 10.4 Å². The zero-order valence-corrected chi connectivity index (χ0v) is 10.8. The molecular formula is C13H19N3O2. The number of aliphatic hydroxyl groups is 1. The summed E-state index contributed by atoms with van der Waals surface area (Å²) in [5.41, 5.74) is 2.09. The Morgan fingerprint density at radius 3 is 2.83 bits per heavy atom. The molecule has 1 aromatic heterocycles. The van der Waals surface area contributed by atoms with Crippen LogP contribution >= 0.6 is 0 Å². The van der Waals surface area contributed by atoms with Crippen molar-refractivity contribution in [1.82, 2.24) is 15.5 Å². The van der Waals surface area contributed by atoms with Crippen LogP contribution in [-0.2, 0) is 6.42 Å². The van der Waals surface area contributed by atoms with Crippen LogP contribution in [0.1, 0.15) is 41.5 Å². The van der Waals surface area contributed by atoms with Crippen LogP contribution in [0, 0.1) is 12.8 Å². The molecule has 1 aliphatic carbocycles. The molecule has 2 rings (SSSR count). The van der Waals surface area contributed by atoms with Gasteiger partial charge in [-0.15, -0.1) is 0 Å². The molecule has 98 valence electrons. The minimum absolute atomic E-state index is 0.0914. The van der Waals surface area contributed by atoms with Gasteiger partial charge in [0.15, 0.2) is 0 Å². The van der Waals surface area contributed by atoms with Crippen LogP contribution in [0.5, 0.6) is 0 Å². The molecule has 1 heterocycles. The maximum atomic E-state index is 12.1. The van der Waals surface area contributed by atoms with Gasteiger partial charge in [-0.2, -0.15) is 10.2 Å². The number of aromatic nitrogens is 2. The normalized spacial score (nSPS) is 22.4. The van der Waals surface area contributed by atoms with Gasteiger partial charge in [-0.25, -0.2) is 0 Å². The monoisotopic (exact) mass is 249 g/mol. The smallest absolute Gasteiger partial charge is 0.253 e. The van der Waals surface area contributed by atoms with Crippen LogP contribution < -0.4 is 5.32 Å². The predicted octanol–water partition coefficient (Wildman–Crippen LogP) is 0.848. The molecule has 0 saturated heterocycles. The van der Waals surface area contributed by atoms with Crippen LogP contribution in [-0.4, -0.2) is 33.9 Å². The molecule has 0 atom stereocenters. The van der Waals surface area contributed by atoms with E-state index in [4.69, 9.17) is 0 Å². The lowest BCUT2D eigenvalue weighted by atomic mass is 9.82. The predicted molar refractivity (Wildman–Crippen MR) is 67.2 cm³/mol. The van der Waals surface area contributed by atoms with E-state index in [2.05, 4.69) is 15.5 Å². The lowest BCUT2D eigenvalue weighted by Crippen LogP contribution is -2.38. The lowest BCUT2D eigenvalue weighted by Gasteiger charge is -2.31. The summed E-state index contributed by atoms with van der Waals surface area (Å²) in [6, 6.07) is 1.77. The largest absolute Gasteiger partial charge is 0.393 e. The van der Waals surface area contributed by atoms with Crippen LogP contribution in [0.15, 0.2) is 6.07 Å². The first-order valence-electron chi connectivity index (χ1n) is 6.39. The summed E-state index contributed by atoms with van der Waals surface area (Å²) in [4.78, 5) is 12.1. The van der Waals surface area contributed by atoms with Crippen molar-refractivity contribution in [3.8, 4) is 0 Å². The van der Waals surface area contributed by atoms with Gasteiger partial charge in [0.25, 0.3) is 5.91 Å². The second-order valence-corrected chi connectivity index (χ2v) is 4.90. The number of nitrogens with zero attached hydrogens (tertiary/aromatic N) is 2. The second kappa shape index (κ2) is 5.44. The molecule has 0 aliphatic heterocycles. The first-order valence-corrected chi connectivity index (χ1v) is 6.39. The van der Waals surface area contributed by atoms with Gasteiger partial charge in [0.1, 0.15) is 0 Å². The summed E-state index contributed by atoms with van der Waals surface area (Å²) >= 11 is 0. The molecule has 5 heteroatoms. The minimum Gasteiger partial charge on any atom is -0.393 e. The van der Waals surface area contributed by atoms with E-state index in [-0.39, 0.29) is 12.0 Å². The fourth-order valence-corrected chi connectivity index (χ4v) is 2.17. The molecule has 0 radical (unpaired) electrons. The topological polar surface area (TPSA) is 75.1 Å². The summed E-state index contributed by atoms with van der Waals surface area (Å²) in [5.74, 6) is 0.316. The first kappa shape index (κ1) is 13.0. The number of rotatable bonds is 4. The summed E-state index contributed by atoms with van der Waals surface area (Å²) < 4.78 is 0. The Labute approximate surface area is 107 Å². The number of aliphatic hydroxyl groups excluding tert-OH is 1. The van der Waals surface area contributed by atoms with E-state index in [9.17, 15) is 9.90 Å². The lowest BCUT2D eigenvalue weighted by molar-refractivity contribution is 0.0420. The molecule has 1 aromatic rings. The second-order valence-electron chi connectivity index (χ2n) is 4.90. The zero-order valence-electron chi connectivity index (χ0n) is 10.8. The maximum Gasteiger partial charge on any atom is 0.253 e. The summed E-state index contributed by atoms with van der Waals surface area (Å²) in [6.45, 7) is 4.41. The maximum absolute atomic E-state index is 12.1. The molecular weight excluding hydrogens is 230 g/mol. The summed E-state index contributed by atoms with van der Waals surface area (Å²) in [5, 5.41) is 20.1. The molecule has 1 fully saturated rings. The van der Waals surface area contributed by atoms with E-state index < -0.39 is 0 Å². The number of hydrogen-bond donors (Lipinski definition) is 2. The average molecular weight is 249 g/mol. The van der Waals surface area contributed by atoms with E-state index in [0.29, 0.717) is 24.4 Å². The zero-order chi connectivity index (χ0) is 13.1. The number of carbonyl (C=O) groups excluding carboxylic acids is 1. The van der Waals surface area contributed by atoms with Crippen molar-refractivity contribution in [1.29, 1.82) is 0 Å². The molecule has 0 spiro atoms. The standard InChI is InChI=1S/C13H19N3O2/c1-3-12-11(4-8(2)15-16-12)13(18)14-7-9-5-10(17)6-9/h4,9-10,17H,3,5-7H2,1-2H3,(H,14,18). The molecule has 5 nitrogen and oxygen atoms in total. The van der Waals surface area contributed by atoms with Gasteiger partial charge in [-0.3, -0.25) is 4.79 Å². The Morgan fingerprint density at radius 1 is 1.50 bits per heavy atom. The molecule has 1 amide bonds. The van der Waals surface area contributed by atoms with Gasteiger partial charge in [-0.05, 0) is 38.2 Å². The fraction of sp³-hybridized carbons (Fsp3) is 0.615. The van der Waals surface area contributed by atoms with E-state index in [1.165, 1.54) is 0 Å². The van der Waals surface area contributed by atoms with Gasteiger partial charge in [0.05, 0.1) is 23.1 Å². The van der Waals surface area contributed by atoms with E-state index in [0.717, 1.165) is 24.2 Å². The van der Waals surface area contributed by atoms with Crippen molar-refractivity contribution >= 4 is 5.91 Å². The number of amides is 1. The van der Waals surface area contributed by atoms with Crippen LogP contribution in [0.4, 0.5) is 0 Å². The molecule has 2 N–H and O–H groups in total. The first-order chi connectivity index (χ1) is 8.60. The third-order valence-corrected chi connectivity index (χ3v) is 3.33. The van der Waals surface area contributed by atoms with Gasteiger partial charge >= 0.3 is 0 Å². The number of aryl methyl sites for hydroxylation is 2. The molecule has 18 heavy (non-hydrogen) atoms. The van der Waals surface area contributed by atoms with Gasteiger partial charge in [-0.1, -0.05) is 6.92 Å². The highest BCUT2D eigenvalue weighted by Gasteiger charge is 2.27. The highest BCUT2D eigenvalue weighted by Crippen LogP contribution is 2.26. The number of carbonyl (C=O) groups is 1. The van der Waals surface area contributed by atoms with Crippen LogP contribution in [0.2, 0.25) is 0 Å². The molecule has 0 aromatic carbocycles. The Balaban J connectivity index is 1.97. The van der Waals surface area contributed by atoms with Crippen molar-refractivity contribution < 1.29 is 9.90 Å². The summed E-state index contributed by atoms with van der Waals surface area (Å²) in [6.07, 6.45) is 2.09. The van der Waals surface area contributed by atoms with Crippen LogP contribution in [0.25, 0.3) is 0 Å². The Bertz CT molecular complexity index is 442. The van der Waals surface area contributed by atoms with Gasteiger partial charge in [0, 0.05) is 6.54 Å². The van der Waals surface area contributed by atoms with Crippen molar-refractivity contribution in [2.75, 3.05) is 6.54 Å². The number of hydrogen-bond acceptors (Lipinski definition) is 4. The fourth-order valence-electron chi connectivity index (χ4n) is 2.17.